The van der Waals surface area contributed by atoms with Crippen LogP contribution in [0.1, 0.15) is 49.9 Å². The van der Waals surface area contributed by atoms with Crippen LogP contribution in [0.3, 0.4) is 0 Å². The molecule has 12 aromatic rings. The second kappa shape index (κ2) is 13.6. The first-order chi connectivity index (χ1) is 31.0. The molecule has 0 spiro atoms. The predicted molar refractivity (Wildman–Crippen MR) is 282 cm³/mol. The van der Waals surface area contributed by atoms with E-state index >= 15 is 0 Å². The molecule has 0 N–H and O–H groups in total. The molecule has 14 rings (SSSR count). The van der Waals surface area contributed by atoms with Crippen molar-refractivity contribution in [1.82, 2.24) is 0 Å². The van der Waals surface area contributed by atoms with E-state index in [1.165, 1.54) is 131 Å². The number of hydrogen-bond acceptors (Lipinski definition) is 0. The Labute approximate surface area is 390 Å². The van der Waals surface area contributed by atoms with Crippen LogP contribution < -0.4 is 0 Å². The molecule has 0 fully saturated rings. The zero-order valence-corrected chi connectivity index (χ0v) is 39.2. The number of fused-ring (bicyclic) bond motifs is 6. The second-order valence-corrected chi connectivity index (χ2v) is 20.9. The van der Waals surface area contributed by atoms with Crippen molar-refractivity contribution < 1.29 is 0 Å². The van der Waals surface area contributed by atoms with Gasteiger partial charge in [-0.1, -0.05) is 205 Å². The Morgan fingerprint density at radius 2 is 0.578 bits per heavy atom. The van der Waals surface area contributed by atoms with Crippen molar-refractivity contribution in [3.8, 4) is 44.5 Å². The van der Waals surface area contributed by atoms with Gasteiger partial charge in [0, 0.05) is 19.8 Å². The maximum atomic E-state index is 3.67. The van der Waals surface area contributed by atoms with E-state index in [9.17, 15) is 0 Å². The maximum absolute atomic E-state index is 3.67. The molecule has 0 heterocycles. The summed E-state index contributed by atoms with van der Waals surface area (Å²) in [4.78, 5) is 0. The van der Waals surface area contributed by atoms with Crippen LogP contribution in [-0.2, 0) is 10.8 Å². The molecule has 0 saturated heterocycles. The van der Waals surface area contributed by atoms with Crippen LogP contribution in [-0.4, -0.2) is 0 Å². The van der Waals surface area contributed by atoms with E-state index in [1.54, 1.807) is 0 Å². The van der Waals surface area contributed by atoms with Crippen molar-refractivity contribution >= 4 is 96.5 Å². The lowest BCUT2D eigenvalue weighted by atomic mass is 9.81. The molecule has 0 amide bonds. The summed E-state index contributed by atoms with van der Waals surface area (Å²) in [6, 6.07) is 68.0. The third-order valence-electron chi connectivity index (χ3n) is 15.0. The summed E-state index contributed by atoms with van der Waals surface area (Å²) in [5.74, 6) is 0. The van der Waals surface area contributed by atoms with Crippen LogP contribution in [0.15, 0.2) is 191 Å². The Morgan fingerprint density at radius 3 is 0.969 bits per heavy atom. The molecule has 2 aliphatic rings. The van der Waals surface area contributed by atoms with E-state index in [0.717, 1.165) is 8.95 Å². The molecule has 0 radical (unpaired) electrons. The number of halogens is 2. The standard InChI is InChI=1S/2C31H21Br/c2*1-31(2)27-16-21(10-13-24(27)25-15-11-22(32)17-28(25)31)23-12-8-20-7-6-18-4-3-5-19-9-14-26(23)30(20)29(18)19/h2*3-17H,1-2H3. The lowest BCUT2D eigenvalue weighted by Crippen LogP contribution is -2.15. The minimum absolute atomic E-state index is 0.0196. The molecule has 304 valence electrons. The fourth-order valence-electron chi connectivity index (χ4n) is 11.7. The van der Waals surface area contributed by atoms with Gasteiger partial charge < -0.3 is 0 Å². The van der Waals surface area contributed by atoms with Crippen molar-refractivity contribution in [2.75, 3.05) is 0 Å². The molecule has 0 nitrogen and oxygen atoms in total. The first-order valence-electron chi connectivity index (χ1n) is 22.3. The molecule has 0 aromatic heterocycles. The highest BCUT2D eigenvalue weighted by Gasteiger charge is 2.37. The van der Waals surface area contributed by atoms with Gasteiger partial charge in [0.05, 0.1) is 0 Å². The summed E-state index contributed by atoms with van der Waals surface area (Å²) in [6.45, 7) is 9.38. The highest BCUT2D eigenvalue weighted by molar-refractivity contribution is 9.10. The van der Waals surface area contributed by atoms with Crippen LogP contribution in [0.25, 0.3) is 109 Å². The summed E-state index contributed by atoms with van der Waals surface area (Å²) in [6.07, 6.45) is 0. The van der Waals surface area contributed by atoms with E-state index in [1.807, 2.05) is 0 Å². The summed E-state index contributed by atoms with van der Waals surface area (Å²) in [5, 5.41) is 16.1. The molecular formula is C62H42Br2. The third-order valence-corrected chi connectivity index (χ3v) is 15.9. The lowest BCUT2D eigenvalue weighted by molar-refractivity contribution is 0.660. The highest BCUT2D eigenvalue weighted by Crippen LogP contribution is 2.53. The molecule has 0 bridgehead atoms. The predicted octanol–water partition coefficient (Wildman–Crippen LogP) is 18.6. The third kappa shape index (κ3) is 5.39. The van der Waals surface area contributed by atoms with Crippen LogP contribution >= 0.6 is 31.9 Å². The molecule has 0 aliphatic heterocycles. The van der Waals surface area contributed by atoms with Gasteiger partial charge in [-0.15, -0.1) is 0 Å². The van der Waals surface area contributed by atoms with Gasteiger partial charge in [0.1, 0.15) is 0 Å². The molecule has 0 unspecified atom stereocenters. The van der Waals surface area contributed by atoms with Crippen LogP contribution in [0.4, 0.5) is 0 Å². The Morgan fingerprint density at radius 1 is 0.281 bits per heavy atom. The Hall–Kier alpha value is -6.32. The average molecular weight is 947 g/mol. The Bertz CT molecular complexity index is 3630. The number of benzene rings is 12. The van der Waals surface area contributed by atoms with Gasteiger partial charge in [-0.3, -0.25) is 0 Å². The smallest absolute Gasteiger partial charge is 0.0178 e. The SMILES string of the molecule is CC1(C)c2cc(Br)ccc2-c2ccc(-c3ccc4ccc5cccc6ccc3c4c56)cc21.CC1(C)c2cc(Br)ccc2-c2ccc(-c3ccc4ccc5cccc6ccc3c4c56)cc21. The monoisotopic (exact) mass is 944 g/mol. The normalized spacial score (nSPS) is 14.3. The molecule has 0 saturated carbocycles. The Kier molecular flexibility index (Phi) is 8.11. The number of hydrogen-bond donors (Lipinski definition) is 0. The topological polar surface area (TPSA) is 0 Å². The van der Waals surface area contributed by atoms with E-state index < -0.39 is 0 Å². The van der Waals surface area contributed by atoms with Crippen LogP contribution in [0, 0.1) is 0 Å². The zero-order chi connectivity index (χ0) is 43.2. The van der Waals surface area contributed by atoms with E-state index in [0.29, 0.717) is 0 Å². The van der Waals surface area contributed by atoms with Gasteiger partial charge in [0.15, 0.2) is 0 Å². The minimum atomic E-state index is -0.0196. The van der Waals surface area contributed by atoms with E-state index in [-0.39, 0.29) is 10.8 Å². The van der Waals surface area contributed by atoms with Crippen molar-refractivity contribution in [3.63, 3.8) is 0 Å². The van der Waals surface area contributed by atoms with Gasteiger partial charge in [-0.05, 0) is 168 Å². The molecule has 2 aliphatic carbocycles. The van der Waals surface area contributed by atoms with Crippen LogP contribution in [0.2, 0.25) is 0 Å². The highest BCUT2D eigenvalue weighted by atomic mass is 79.9. The first-order valence-corrected chi connectivity index (χ1v) is 23.9. The molecule has 2 heteroatoms. The second-order valence-electron chi connectivity index (χ2n) is 19.1. The largest absolute Gasteiger partial charge is 0.0610 e. The molecule has 64 heavy (non-hydrogen) atoms. The summed E-state index contributed by atoms with van der Waals surface area (Å²) in [7, 11) is 0. The molecule has 12 aromatic carbocycles. The van der Waals surface area contributed by atoms with Crippen LogP contribution in [0.5, 0.6) is 0 Å². The van der Waals surface area contributed by atoms with Crippen molar-refractivity contribution in [2.45, 2.75) is 38.5 Å². The zero-order valence-electron chi connectivity index (χ0n) is 36.1. The van der Waals surface area contributed by atoms with Crippen molar-refractivity contribution in [2.24, 2.45) is 0 Å². The lowest BCUT2D eigenvalue weighted by Gasteiger charge is -2.22. The fourth-order valence-corrected chi connectivity index (χ4v) is 12.5. The summed E-state index contributed by atoms with van der Waals surface area (Å²) < 4.78 is 2.29. The first kappa shape index (κ1) is 38.2. The van der Waals surface area contributed by atoms with Gasteiger partial charge >= 0.3 is 0 Å². The van der Waals surface area contributed by atoms with Crippen molar-refractivity contribution in [1.29, 1.82) is 0 Å². The maximum Gasteiger partial charge on any atom is 0.0178 e. The molecular weight excluding hydrogens is 904 g/mol. The summed E-state index contributed by atoms with van der Waals surface area (Å²) in [5.41, 5.74) is 16.2. The minimum Gasteiger partial charge on any atom is -0.0610 e. The van der Waals surface area contributed by atoms with Gasteiger partial charge in [-0.2, -0.15) is 0 Å². The van der Waals surface area contributed by atoms with Gasteiger partial charge in [0.2, 0.25) is 0 Å². The molecule has 0 atom stereocenters. The quantitative estimate of drug-likeness (QED) is 0.152. The summed E-state index contributed by atoms with van der Waals surface area (Å²) >= 11 is 7.34. The van der Waals surface area contributed by atoms with E-state index in [2.05, 4.69) is 242 Å². The average Bonchev–Trinajstić information content (AvgIpc) is 3.67. The Balaban J connectivity index is 0.000000129. The van der Waals surface area contributed by atoms with E-state index in [4.69, 9.17) is 0 Å². The number of rotatable bonds is 2. The van der Waals surface area contributed by atoms with Gasteiger partial charge in [0.25, 0.3) is 0 Å². The van der Waals surface area contributed by atoms with Crippen molar-refractivity contribution in [3.05, 3.63) is 213 Å². The fraction of sp³-hybridized carbons (Fsp3) is 0.0968. The van der Waals surface area contributed by atoms with Gasteiger partial charge in [-0.25, -0.2) is 0 Å².